The predicted molar refractivity (Wildman–Crippen MR) is 26.0 cm³/mol. The Hall–Kier alpha value is -1.06. The standard InChI is InChI=1S/C5H6O4/c6-4-2-1-3-5(7)9-8-4/h1-3H2. The third-order valence-corrected chi connectivity index (χ3v) is 0.989. The van der Waals surface area contributed by atoms with E-state index in [0.717, 1.165) is 0 Å². The Morgan fingerprint density at radius 1 is 1.00 bits per heavy atom. The minimum Gasteiger partial charge on any atom is -0.247 e. The molecule has 0 aromatic heterocycles. The highest BCUT2D eigenvalue weighted by Gasteiger charge is 2.15. The van der Waals surface area contributed by atoms with Crippen LogP contribution in [0.5, 0.6) is 0 Å². The van der Waals surface area contributed by atoms with Gasteiger partial charge in [0, 0.05) is 0 Å². The smallest absolute Gasteiger partial charge is 0.247 e. The zero-order chi connectivity index (χ0) is 6.69. The van der Waals surface area contributed by atoms with Gasteiger partial charge in [-0.1, -0.05) is 0 Å². The molecular weight excluding hydrogens is 124 g/mol. The summed E-state index contributed by atoms with van der Waals surface area (Å²) in [5, 5.41) is 0. The lowest BCUT2D eigenvalue weighted by Crippen LogP contribution is -2.03. The van der Waals surface area contributed by atoms with E-state index in [4.69, 9.17) is 0 Å². The summed E-state index contributed by atoms with van der Waals surface area (Å²) in [5.74, 6) is -0.943. The molecule has 0 aromatic rings. The maximum atomic E-state index is 10.3. The largest absolute Gasteiger partial charge is 0.355 e. The Kier molecular flexibility index (Phi) is 1.67. The van der Waals surface area contributed by atoms with E-state index in [-0.39, 0.29) is 12.8 Å². The molecule has 0 aliphatic carbocycles. The number of hydrogen-bond donors (Lipinski definition) is 0. The lowest BCUT2D eigenvalue weighted by atomic mass is 10.2. The highest BCUT2D eigenvalue weighted by molar-refractivity contribution is 5.75. The third kappa shape index (κ3) is 1.71. The molecule has 50 valence electrons. The van der Waals surface area contributed by atoms with Gasteiger partial charge < -0.3 is 0 Å². The van der Waals surface area contributed by atoms with Crippen molar-refractivity contribution in [1.82, 2.24) is 0 Å². The van der Waals surface area contributed by atoms with Crippen molar-refractivity contribution in [3.8, 4) is 0 Å². The lowest BCUT2D eigenvalue weighted by Gasteiger charge is -1.92. The van der Waals surface area contributed by atoms with Crippen LogP contribution in [-0.4, -0.2) is 11.9 Å². The monoisotopic (exact) mass is 130 g/mol. The zero-order valence-corrected chi connectivity index (χ0v) is 4.75. The van der Waals surface area contributed by atoms with Gasteiger partial charge in [-0.2, -0.15) is 0 Å². The molecule has 0 atom stereocenters. The minimum absolute atomic E-state index is 0.270. The van der Waals surface area contributed by atoms with Crippen molar-refractivity contribution in [2.75, 3.05) is 0 Å². The first-order chi connectivity index (χ1) is 4.29. The van der Waals surface area contributed by atoms with Gasteiger partial charge in [0.1, 0.15) is 0 Å². The molecule has 1 aliphatic rings. The Labute approximate surface area is 51.7 Å². The van der Waals surface area contributed by atoms with Crippen LogP contribution in [0.15, 0.2) is 0 Å². The second kappa shape index (κ2) is 2.48. The second-order valence-electron chi connectivity index (χ2n) is 1.76. The van der Waals surface area contributed by atoms with Crippen LogP contribution in [0.2, 0.25) is 0 Å². The van der Waals surface area contributed by atoms with E-state index in [1.54, 1.807) is 0 Å². The molecule has 9 heavy (non-hydrogen) atoms. The van der Waals surface area contributed by atoms with Crippen LogP contribution in [0, 0.1) is 0 Å². The van der Waals surface area contributed by atoms with Crippen LogP contribution in [0.1, 0.15) is 19.3 Å². The normalized spacial score (nSPS) is 20.0. The molecule has 0 unspecified atom stereocenters. The first kappa shape index (κ1) is 6.07. The fourth-order valence-electron chi connectivity index (χ4n) is 0.553. The maximum absolute atomic E-state index is 10.3. The van der Waals surface area contributed by atoms with Gasteiger partial charge in [0.2, 0.25) is 0 Å². The summed E-state index contributed by atoms with van der Waals surface area (Å²) >= 11 is 0. The molecule has 4 nitrogen and oxygen atoms in total. The summed E-state index contributed by atoms with van der Waals surface area (Å²) in [7, 11) is 0. The number of hydrogen-bond acceptors (Lipinski definition) is 4. The highest BCUT2D eigenvalue weighted by Crippen LogP contribution is 2.05. The molecule has 0 radical (unpaired) electrons. The predicted octanol–water partition coefficient (Wildman–Crippen LogP) is 0.172. The van der Waals surface area contributed by atoms with Gasteiger partial charge in [-0.05, 0) is 6.42 Å². The average Bonchev–Trinajstić information content (AvgIpc) is 1.97. The summed E-state index contributed by atoms with van der Waals surface area (Å²) in [6, 6.07) is 0. The highest BCUT2D eigenvalue weighted by atomic mass is 17.2. The first-order valence-electron chi connectivity index (χ1n) is 2.69. The van der Waals surface area contributed by atoms with Crippen LogP contribution in [0.25, 0.3) is 0 Å². The van der Waals surface area contributed by atoms with Crippen molar-refractivity contribution in [2.45, 2.75) is 19.3 Å². The van der Waals surface area contributed by atoms with Gasteiger partial charge in [0.25, 0.3) is 0 Å². The van der Waals surface area contributed by atoms with E-state index >= 15 is 0 Å². The molecule has 1 rings (SSSR count). The quantitative estimate of drug-likeness (QED) is 0.438. The topological polar surface area (TPSA) is 52.6 Å². The van der Waals surface area contributed by atoms with Gasteiger partial charge in [-0.15, -0.1) is 0 Å². The van der Waals surface area contributed by atoms with E-state index in [2.05, 4.69) is 9.78 Å². The summed E-state index contributed by atoms with van der Waals surface area (Å²) in [6.07, 6.45) is 1.06. The Morgan fingerprint density at radius 2 is 1.44 bits per heavy atom. The summed E-state index contributed by atoms with van der Waals surface area (Å²) in [6.45, 7) is 0. The van der Waals surface area contributed by atoms with Crippen molar-refractivity contribution >= 4 is 11.9 Å². The number of rotatable bonds is 0. The third-order valence-electron chi connectivity index (χ3n) is 0.989. The molecule has 1 saturated heterocycles. The molecule has 0 aromatic carbocycles. The first-order valence-corrected chi connectivity index (χ1v) is 2.69. The SMILES string of the molecule is O=C1CCCC(=O)OO1. The maximum Gasteiger partial charge on any atom is 0.355 e. The fraction of sp³-hybridized carbons (Fsp3) is 0.600. The van der Waals surface area contributed by atoms with E-state index in [0.29, 0.717) is 6.42 Å². The van der Waals surface area contributed by atoms with Crippen molar-refractivity contribution in [2.24, 2.45) is 0 Å². The van der Waals surface area contributed by atoms with Crippen molar-refractivity contribution < 1.29 is 19.4 Å². The van der Waals surface area contributed by atoms with Crippen LogP contribution in [-0.2, 0) is 19.4 Å². The van der Waals surface area contributed by atoms with Gasteiger partial charge in [-0.25, -0.2) is 19.4 Å². The van der Waals surface area contributed by atoms with Crippen LogP contribution in [0.4, 0.5) is 0 Å². The fourth-order valence-corrected chi connectivity index (χ4v) is 0.553. The van der Waals surface area contributed by atoms with Crippen LogP contribution >= 0.6 is 0 Å². The molecule has 0 saturated carbocycles. The Morgan fingerprint density at radius 3 is 1.89 bits per heavy atom. The zero-order valence-electron chi connectivity index (χ0n) is 4.75. The molecule has 1 aliphatic heterocycles. The van der Waals surface area contributed by atoms with Gasteiger partial charge in [-0.3, -0.25) is 0 Å². The van der Waals surface area contributed by atoms with Gasteiger partial charge in [0.15, 0.2) is 0 Å². The molecule has 0 N–H and O–H groups in total. The minimum atomic E-state index is -0.471. The molecule has 0 bridgehead atoms. The number of carbonyl (C=O) groups excluding carboxylic acids is 2. The molecule has 0 spiro atoms. The Bertz CT molecular complexity index is 124. The molecular formula is C5H6O4. The second-order valence-corrected chi connectivity index (χ2v) is 1.76. The van der Waals surface area contributed by atoms with Crippen molar-refractivity contribution in [3.63, 3.8) is 0 Å². The van der Waals surface area contributed by atoms with Crippen molar-refractivity contribution in [3.05, 3.63) is 0 Å². The van der Waals surface area contributed by atoms with E-state index in [1.165, 1.54) is 0 Å². The Balaban J connectivity index is 2.43. The van der Waals surface area contributed by atoms with E-state index in [9.17, 15) is 9.59 Å². The van der Waals surface area contributed by atoms with Crippen LogP contribution in [0.3, 0.4) is 0 Å². The van der Waals surface area contributed by atoms with Crippen molar-refractivity contribution in [1.29, 1.82) is 0 Å². The molecule has 4 heteroatoms. The number of carbonyl (C=O) groups is 2. The van der Waals surface area contributed by atoms with Gasteiger partial charge >= 0.3 is 11.9 Å². The summed E-state index contributed by atoms with van der Waals surface area (Å²) in [5.41, 5.74) is 0. The summed E-state index contributed by atoms with van der Waals surface area (Å²) < 4.78 is 0. The van der Waals surface area contributed by atoms with E-state index < -0.39 is 11.9 Å². The molecule has 1 heterocycles. The van der Waals surface area contributed by atoms with E-state index in [1.807, 2.05) is 0 Å². The lowest BCUT2D eigenvalue weighted by molar-refractivity contribution is -0.255. The average molecular weight is 130 g/mol. The van der Waals surface area contributed by atoms with Gasteiger partial charge in [0.05, 0.1) is 12.8 Å². The molecule has 0 amide bonds. The molecule has 1 fully saturated rings. The summed E-state index contributed by atoms with van der Waals surface area (Å²) in [4.78, 5) is 28.7. The van der Waals surface area contributed by atoms with Crippen LogP contribution < -0.4 is 0 Å².